The molecule has 0 bridgehead atoms. The summed E-state index contributed by atoms with van der Waals surface area (Å²) in [5, 5.41) is 5.02. The molecule has 2 heterocycles. The maximum absolute atomic E-state index is 5.18. The van der Waals surface area contributed by atoms with Crippen LogP contribution in [0.3, 0.4) is 0 Å². The Labute approximate surface area is 119 Å². The van der Waals surface area contributed by atoms with Crippen LogP contribution < -0.4 is 5.32 Å². The second-order valence-corrected chi connectivity index (χ2v) is 6.82. The van der Waals surface area contributed by atoms with Crippen molar-refractivity contribution >= 4 is 11.3 Å². The van der Waals surface area contributed by atoms with Crippen molar-refractivity contribution < 1.29 is 4.74 Å². The predicted octanol–water partition coefficient (Wildman–Crippen LogP) is 1.40. The maximum Gasteiger partial charge on any atom is 0.115 e. The summed E-state index contributed by atoms with van der Waals surface area (Å²) in [4.78, 5) is 8.87. The molecule has 5 heteroatoms. The van der Waals surface area contributed by atoms with Gasteiger partial charge in [-0.3, -0.25) is 0 Å². The van der Waals surface area contributed by atoms with Crippen molar-refractivity contribution in [2.24, 2.45) is 0 Å². The molecule has 3 rings (SSSR count). The van der Waals surface area contributed by atoms with Crippen molar-refractivity contribution in [2.45, 2.75) is 31.2 Å². The summed E-state index contributed by atoms with van der Waals surface area (Å²) in [6, 6.07) is 0. The smallest absolute Gasteiger partial charge is 0.115 e. The van der Waals surface area contributed by atoms with E-state index >= 15 is 0 Å². The van der Waals surface area contributed by atoms with E-state index in [1.807, 2.05) is 11.3 Å². The minimum atomic E-state index is 0.0578. The molecule has 0 spiro atoms. The van der Waals surface area contributed by atoms with Crippen LogP contribution >= 0.6 is 11.3 Å². The van der Waals surface area contributed by atoms with Gasteiger partial charge in [0.15, 0.2) is 0 Å². The van der Waals surface area contributed by atoms with Crippen molar-refractivity contribution in [3.8, 4) is 0 Å². The van der Waals surface area contributed by atoms with Crippen LogP contribution in [-0.2, 0) is 23.1 Å². The van der Waals surface area contributed by atoms with Gasteiger partial charge in [-0.15, -0.1) is 11.3 Å². The molecule has 4 nitrogen and oxygen atoms in total. The highest BCUT2D eigenvalue weighted by Crippen LogP contribution is 2.37. The monoisotopic (exact) mass is 281 g/mol. The van der Waals surface area contributed by atoms with E-state index < -0.39 is 0 Å². The normalized spacial score (nSPS) is 27.1. The molecule has 2 aliphatic rings. The van der Waals surface area contributed by atoms with Crippen LogP contribution in [0, 0.1) is 0 Å². The maximum atomic E-state index is 5.18. The number of methoxy groups -OCH3 is 1. The highest BCUT2D eigenvalue weighted by atomic mass is 32.1. The number of likely N-dealkylation sites (N-methyl/N-ethyl adjacent to an activating group) is 1. The first-order valence-corrected chi connectivity index (χ1v) is 7.97. The first-order chi connectivity index (χ1) is 9.23. The molecule has 19 heavy (non-hydrogen) atoms. The van der Waals surface area contributed by atoms with Gasteiger partial charge in [0.1, 0.15) is 5.01 Å². The molecule has 0 radical (unpaired) electrons. The van der Waals surface area contributed by atoms with Gasteiger partial charge in [-0.1, -0.05) is 0 Å². The van der Waals surface area contributed by atoms with Crippen molar-refractivity contribution in [2.75, 3.05) is 40.4 Å². The van der Waals surface area contributed by atoms with Crippen molar-refractivity contribution in [1.82, 2.24) is 15.2 Å². The molecular weight excluding hydrogens is 258 g/mol. The average Bonchev–Trinajstić information content (AvgIpc) is 3.03. The van der Waals surface area contributed by atoms with Gasteiger partial charge in [0.25, 0.3) is 0 Å². The van der Waals surface area contributed by atoms with Crippen LogP contribution in [0.2, 0.25) is 0 Å². The summed E-state index contributed by atoms with van der Waals surface area (Å²) >= 11 is 1.94. The summed E-state index contributed by atoms with van der Waals surface area (Å²) in [5.41, 5.74) is 1.42. The highest BCUT2D eigenvalue weighted by Gasteiger charge is 2.41. The quantitative estimate of drug-likeness (QED) is 0.828. The second kappa shape index (κ2) is 5.48. The number of thiazole rings is 1. The zero-order valence-corrected chi connectivity index (χ0v) is 12.7. The third kappa shape index (κ3) is 2.57. The average molecular weight is 281 g/mol. The SMILES string of the molecule is COCCNC1(c2nc3c(s2)CCC3)CCN(C)C1. The zero-order valence-electron chi connectivity index (χ0n) is 11.9. The molecule has 0 aromatic carbocycles. The van der Waals surface area contributed by atoms with E-state index in [1.54, 1.807) is 7.11 Å². The second-order valence-electron chi connectivity index (χ2n) is 5.73. The molecule has 106 valence electrons. The number of nitrogens with zero attached hydrogens (tertiary/aromatic N) is 2. The van der Waals surface area contributed by atoms with Crippen LogP contribution in [0.25, 0.3) is 0 Å². The fourth-order valence-electron chi connectivity index (χ4n) is 3.18. The third-order valence-electron chi connectivity index (χ3n) is 4.23. The van der Waals surface area contributed by atoms with Gasteiger partial charge in [-0.05, 0) is 32.7 Å². The Balaban J connectivity index is 1.81. The molecule has 1 aliphatic carbocycles. The number of hydrogen-bond donors (Lipinski definition) is 1. The Morgan fingerprint density at radius 1 is 1.47 bits per heavy atom. The number of likely N-dealkylation sites (tertiary alicyclic amines) is 1. The van der Waals surface area contributed by atoms with Crippen molar-refractivity contribution in [1.29, 1.82) is 0 Å². The molecular formula is C14H23N3OS. The van der Waals surface area contributed by atoms with E-state index in [0.29, 0.717) is 0 Å². The number of nitrogens with one attached hydrogen (secondary N) is 1. The van der Waals surface area contributed by atoms with Gasteiger partial charge >= 0.3 is 0 Å². The van der Waals surface area contributed by atoms with E-state index in [9.17, 15) is 0 Å². The number of rotatable bonds is 5. The number of ether oxygens (including phenoxy) is 1. The molecule has 1 aromatic rings. The van der Waals surface area contributed by atoms with E-state index in [-0.39, 0.29) is 5.54 Å². The van der Waals surface area contributed by atoms with Crippen LogP contribution in [0.4, 0.5) is 0 Å². The summed E-state index contributed by atoms with van der Waals surface area (Å²) < 4.78 is 5.18. The van der Waals surface area contributed by atoms with E-state index in [4.69, 9.17) is 9.72 Å². The van der Waals surface area contributed by atoms with E-state index in [1.165, 1.54) is 34.8 Å². The Bertz CT molecular complexity index is 426. The summed E-state index contributed by atoms with van der Waals surface area (Å²) in [6.07, 6.45) is 4.85. The van der Waals surface area contributed by atoms with Gasteiger partial charge in [-0.25, -0.2) is 4.98 Å². The minimum absolute atomic E-state index is 0.0578. The lowest BCUT2D eigenvalue weighted by Gasteiger charge is -2.28. The first kappa shape index (κ1) is 13.5. The Morgan fingerprint density at radius 2 is 2.37 bits per heavy atom. The summed E-state index contributed by atoms with van der Waals surface area (Å²) in [5.74, 6) is 0. The van der Waals surface area contributed by atoms with Gasteiger partial charge in [0.2, 0.25) is 0 Å². The highest BCUT2D eigenvalue weighted by molar-refractivity contribution is 7.12. The lowest BCUT2D eigenvalue weighted by Crippen LogP contribution is -2.45. The molecule has 0 saturated carbocycles. The van der Waals surface area contributed by atoms with Gasteiger partial charge < -0.3 is 15.0 Å². The third-order valence-corrected chi connectivity index (χ3v) is 5.60. The van der Waals surface area contributed by atoms with Crippen LogP contribution in [0.5, 0.6) is 0 Å². The first-order valence-electron chi connectivity index (χ1n) is 7.15. The largest absolute Gasteiger partial charge is 0.383 e. The summed E-state index contributed by atoms with van der Waals surface area (Å²) in [6.45, 7) is 3.86. The lowest BCUT2D eigenvalue weighted by molar-refractivity contribution is 0.183. The predicted molar refractivity (Wildman–Crippen MR) is 77.8 cm³/mol. The van der Waals surface area contributed by atoms with Crippen LogP contribution in [0.1, 0.15) is 28.4 Å². The number of aromatic nitrogens is 1. The number of fused-ring (bicyclic) bond motifs is 1. The fourth-order valence-corrected chi connectivity index (χ4v) is 4.52. The number of aryl methyl sites for hydroxylation is 2. The molecule has 1 N–H and O–H groups in total. The van der Waals surface area contributed by atoms with E-state index in [0.717, 1.165) is 32.7 Å². The summed E-state index contributed by atoms with van der Waals surface area (Å²) in [7, 11) is 3.95. The Hall–Kier alpha value is -0.490. The van der Waals surface area contributed by atoms with E-state index in [2.05, 4.69) is 17.3 Å². The molecule has 1 aromatic heterocycles. The van der Waals surface area contributed by atoms with Crippen LogP contribution in [-0.4, -0.2) is 50.3 Å². The lowest BCUT2D eigenvalue weighted by atomic mass is 9.99. The molecule has 1 fully saturated rings. The topological polar surface area (TPSA) is 37.4 Å². The Kier molecular flexibility index (Phi) is 3.89. The van der Waals surface area contributed by atoms with Crippen molar-refractivity contribution in [3.05, 3.63) is 15.6 Å². The van der Waals surface area contributed by atoms with Gasteiger partial charge in [0.05, 0.1) is 17.8 Å². The zero-order chi connectivity index (χ0) is 13.3. The molecule has 1 saturated heterocycles. The minimum Gasteiger partial charge on any atom is -0.383 e. The Morgan fingerprint density at radius 3 is 3.05 bits per heavy atom. The molecule has 1 aliphatic heterocycles. The fraction of sp³-hybridized carbons (Fsp3) is 0.786. The van der Waals surface area contributed by atoms with Crippen LogP contribution in [0.15, 0.2) is 0 Å². The molecule has 0 amide bonds. The standard InChI is InChI=1S/C14H23N3OS/c1-17-8-6-14(10-17,15-7-9-18-2)13-16-11-4-3-5-12(11)19-13/h15H,3-10H2,1-2H3. The van der Waals surface area contributed by atoms with Gasteiger partial charge in [-0.2, -0.15) is 0 Å². The van der Waals surface area contributed by atoms with Gasteiger partial charge in [0, 0.05) is 31.6 Å². The van der Waals surface area contributed by atoms with Crippen molar-refractivity contribution in [3.63, 3.8) is 0 Å². The number of hydrogen-bond acceptors (Lipinski definition) is 5. The molecule has 1 unspecified atom stereocenters. The molecule has 1 atom stereocenters.